The fourth-order valence-corrected chi connectivity index (χ4v) is 2.88. The van der Waals surface area contributed by atoms with Gasteiger partial charge in [-0.05, 0) is 19.1 Å². The van der Waals surface area contributed by atoms with Gasteiger partial charge in [-0.25, -0.2) is 0 Å². The van der Waals surface area contributed by atoms with Crippen molar-refractivity contribution >= 4 is 17.4 Å². The van der Waals surface area contributed by atoms with Gasteiger partial charge in [0.25, 0.3) is 5.91 Å². The molecule has 1 aliphatic rings. The molecule has 2 aromatic rings. The third-order valence-electron chi connectivity index (χ3n) is 4.40. The summed E-state index contributed by atoms with van der Waals surface area (Å²) >= 11 is 0. The highest BCUT2D eigenvalue weighted by atomic mass is 19.4. The summed E-state index contributed by atoms with van der Waals surface area (Å²) in [6.45, 7) is 1.79. The normalized spacial score (nSPS) is 21.7. The van der Waals surface area contributed by atoms with Crippen LogP contribution in [0.2, 0.25) is 0 Å². The molecule has 0 aromatic heterocycles. The maximum absolute atomic E-state index is 13.4. The Morgan fingerprint density at radius 1 is 1.11 bits per heavy atom. The molecule has 0 bridgehead atoms. The molecule has 1 aliphatic heterocycles. The summed E-state index contributed by atoms with van der Waals surface area (Å²) in [4.78, 5) is 25.7. The lowest BCUT2D eigenvalue weighted by Crippen LogP contribution is -2.51. The maximum atomic E-state index is 13.4. The van der Waals surface area contributed by atoms with E-state index in [-0.39, 0.29) is 16.9 Å². The van der Waals surface area contributed by atoms with Gasteiger partial charge in [0.15, 0.2) is 5.78 Å². The van der Waals surface area contributed by atoms with Gasteiger partial charge in [0.2, 0.25) is 5.60 Å². The number of amides is 1. The quantitative estimate of drug-likeness (QED) is 0.656. The molecule has 1 atom stereocenters. The number of nitrogens with zero attached hydrogens (tertiary/aromatic N) is 1. The van der Waals surface area contributed by atoms with Gasteiger partial charge in [0.05, 0.1) is 0 Å². The first-order valence-corrected chi connectivity index (χ1v) is 8.14. The second kappa shape index (κ2) is 6.66. The molecule has 2 aromatic carbocycles. The van der Waals surface area contributed by atoms with E-state index in [1.165, 1.54) is 24.3 Å². The zero-order valence-electron chi connectivity index (χ0n) is 14.3. The van der Waals surface area contributed by atoms with E-state index in [2.05, 4.69) is 0 Å². The molecular formula is C20H16F3NO3. The number of allylic oxidation sites excluding steroid dienone is 1. The van der Waals surface area contributed by atoms with Crippen LogP contribution in [0, 0.1) is 6.92 Å². The number of aliphatic hydroxyl groups is 1. The van der Waals surface area contributed by atoms with E-state index < -0.39 is 29.9 Å². The van der Waals surface area contributed by atoms with Gasteiger partial charge >= 0.3 is 6.18 Å². The minimum atomic E-state index is -5.17. The number of rotatable bonds is 3. The number of benzene rings is 2. The van der Waals surface area contributed by atoms with Gasteiger partial charge in [0, 0.05) is 29.4 Å². The summed E-state index contributed by atoms with van der Waals surface area (Å²) in [5.41, 5.74) is -2.51. The largest absolute Gasteiger partial charge is 0.426 e. The Morgan fingerprint density at radius 3 is 2.26 bits per heavy atom. The average molecular weight is 375 g/mol. The molecule has 1 unspecified atom stereocenters. The number of halogens is 3. The molecule has 0 saturated carbocycles. The Bertz CT molecular complexity index is 904. The zero-order chi connectivity index (χ0) is 19.8. The monoisotopic (exact) mass is 375 g/mol. The van der Waals surface area contributed by atoms with E-state index in [0.29, 0.717) is 0 Å². The van der Waals surface area contributed by atoms with Crippen molar-refractivity contribution in [3.63, 3.8) is 0 Å². The third kappa shape index (κ3) is 3.38. The first kappa shape index (κ1) is 18.8. The van der Waals surface area contributed by atoms with Gasteiger partial charge < -0.3 is 5.11 Å². The molecule has 27 heavy (non-hydrogen) atoms. The molecule has 7 heteroatoms. The van der Waals surface area contributed by atoms with Crippen LogP contribution in [0.15, 0.2) is 66.4 Å². The minimum Gasteiger partial charge on any atom is -0.372 e. The summed E-state index contributed by atoms with van der Waals surface area (Å²) in [6.07, 6.45) is -5.23. The van der Waals surface area contributed by atoms with Crippen LogP contribution in [0.4, 0.5) is 18.9 Å². The first-order valence-electron chi connectivity index (χ1n) is 8.14. The molecule has 1 amide bonds. The van der Waals surface area contributed by atoms with Gasteiger partial charge in [-0.15, -0.1) is 0 Å². The SMILES string of the molecule is Cc1ccc(N2C(=O)C(O)(C(F)(F)F)C/C2=C\C(=O)c2ccccc2)cc1. The number of hydrogen-bond donors (Lipinski definition) is 1. The van der Waals surface area contributed by atoms with Crippen LogP contribution >= 0.6 is 0 Å². The highest BCUT2D eigenvalue weighted by Crippen LogP contribution is 2.44. The lowest BCUT2D eigenvalue weighted by molar-refractivity contribution is -0.245. The number of ketones is 1. The predicted octanol–water partition coefficient (Wildman–Crippen LogP) is 3.79. The molecule has 1 saturated heterocycles. The topological polar surface area (TPSA) is 57.6 Å². The fourth-order valence-electron chi connectivity index (χ4n) is 2.88. The van der Waals surface area contributed by atoms with Crippen LogP contribution in [-0.4, -0.2) is 28.6 Å². The van der Waals surface area contributed by atoms with Gasteiger partial charge in [-0.1, -0.05) is 48.0 Å². The summed E-state index contributed by atoms with van der Waals surface area (Å²) in [6, 6.07) is 14.2. The van der Waals surface area contributed by atoms with Crippen molar-refractivity contribution < 1.29 is 27.9 Å². The number of alkyl halides is 3. The van der Waals surface area contributed by atoms with Crippen LogP contribution in [0.1, 0.15) is 22.3 Å². The van der Waals surface area contributed by atoms with E-state index >= 15 is 0 Å². The van der Waals surface area contributed by atoms with E-state index in [9.17, 15) is 27.9 Å². The average Bonchev–Trinajstić information content (AvgIpc) is 2.88. The lowest BCUT2D eigenvalue weighted by atomic mass is 10.00. The Morgan fingerprint density at radius 2 is 1.70 bits per heavy atom. The van der Waals surface area contributed by atoms with Crippen molar-refractivity contribution in [2.75, 3.05) is 4.90 Å². The van der Waals surface area contributed by atoms with Crippen LogP contribution < -0.4 is 4.90 Å². The van der Waals surface area contributed by atoms with Gasteiger partial charge in [-0.2, -0.15) is 13.2 Å². The Balaban J connectivity index is 2.08. The number of hydrogen-bond acceptors (Lipinski definition) is 3. The number of carbonyl (C=O) groups is 2. The summed E-state index contributed by atoms with van der Waals surface area (Å²) in [5.74, 6) is -2.08. The molecular weight excluding hydrogens is 359 g/mol. The highest BCUT2D eigenvalue weighted by Gasteiger charge is 2.65. The van der Waals surface area contributed by atoms with Crippen LogP contribution in [0.5, 0.6) is 0 Å². The molecule has 4 nitrogen and oxygen atoms in total. The van der Waals surface area contributed by atoms with Crippen LogP contribution in [0.3, 0.4) is 0 Å². The number of aryl methyl sites for hydroxylation is 1. The van der Waals surface area contributed by atoms with Crippen molar-refractivity contribution in [1.82, 2.24) is 0 Å². The predicted molar refractivity (Wildman–Crippen MR) is 93.1 cm³/mol. The second-order valence-corrected chi connectivity index (χ2v) is 6.38. The van der Waals surface area contributed by atoms with E-state index in [4.69, 9.17) is 0 Å². The molecule has 0 radical (unpaired) electrons. The first-order chi connectivity index (χ1) is 12.6. The van der Waals surface area contributed by atoms with Crippen molar-refractivity contribution in [1.29, 1.82) is 0 Å². The minimum absolute atomic E-state index is 0.151. The molecule has 1 heterocycles. The summed E-state index contributed by atoms with van der Waals surface area (Å²) in [7, 11) is 0. The standard InChI is InChI=1S/C20H16F3NO3/c1-13-7-9-15(10-8-13)24-16(11-17(25)14-5-3-2-4-6-14)12-19(27,18(24)26)20(21,22)23/h2-11,27H,12H2,1H3/b16-11+. The van der Waals surface area contributed by atoms with E-state index in [0.717, 1.165) is 16.5 Å². The van der Waals surface area contributed by atoms with Gasteiger partial charge in [-0.3, -0.25) is 14.5 Å². The number of carbonyl (C=O) groups excluding carboxylic acids is 2. The van der Waals surface area contributed by atoms with Crippen LogP contribution in [0.25, 0.3) is 0 Å². The fraction of sp³-hybridized carbons (Fsp3) is 0.200. The molecule has 1 fully saturated rings. The Labute approximate surface area is 153 Å². The molecule has 1 N–H and O–H groups in total. The number of anilines is 1. The molecule has 0 aliphatic carbocycles. The second-order valence-electron chi connectivity index (χ2n) is 6.38. The molecule has 0 spiro atoms. The Hall–Kier alpha value is -2.93. The van der Waals surface area contributed by atoms with Crippen LogP contribution in [-0.2, 0) is 4.79 Å². The van der Waals surface area contributed by atoms with Crippen molar-refractivity contribution in [3.8, 4) is 0 Å². The highest BCUT2D eigenvalue weighted by molar-refractivity contribution is 6.10. The molecule has 3 rings (SSSR count). The van der Waals surface area contributed by atoms with Crippen molar-refractivity contribution in [3.05, 3.63) is 77.5 Å². The Kier molecular flexibility index (Phi) is 4.65. The summed E-state index contributed by atoms with van der Waals surface area (Å²) < 4.78 is 40.1. The van der Waals surface area contributed by atoms with Gasteiger partial charge in [0.1, 0.15) is 0 Å². The van der Waals surface area contributed by atoms with Crippen molar-refractivity contribution in [2.45, 2.75) is 25.1 Å². The zero-order valence-corrected chi connectivity index (χ0v) is 14.3. The maximum Gasteiger partial charge on any atom is 0.426 e. The van der Waals surface area contributed by atoms with Crippen molar-refractivity contribution in [2.24, 2.45) is 0 Å². The molecule has 140 valence electrons. The lowest BCUT2D eigenvalue weighted by Gasteiger charge is -2.24. The summed E-state index contributed by atoms with van der Waals surface area (Å²) in [5, 5.41) is 10.1. The van der Waals surface area contributed by atoms with E-state index in [1.54, 1.807) is 37.3 Å². The smallest absolute Gasteiger partial charge is 0.372 e. The van der Waals surface area contributed by atoms with E-state index in [1.807, 2.05) is 0 Å². The third-order valence-corrected chi connectivity index (χ3v) is 4.40.